The smallest absolute Gasteiger partial charge is 0.224 e. The number of anilines is 1. The number of hydrogen-bond donors (Lipinski definition) is 1. The maximum atomic E-state index is 12.9. The van der Waals surface area contributed by atoms with Crippen molar-refractivity contribution in [3.8, 4) is 5.75 Å². The van der Waals surface area contributed by atoms with E-state index in [0.717, 1.165) is 28.1 Å². The van der Waals surface area contributed by atoms with Gasteiger partial charge in [0.1, 0.15) is 18.2 Å². The predicted molar refractivity (Wildman–Crippen MR) is 99.3 cm³/mol. The molecule has 4 heteroatoms. The van der Waals surface area contributed by atoms with Gasteiger partial charge in [0.2, 0.25) is 5.91 Å². The summed E-state index contributed by atoms with van der Waals surface area (Å²) >= 11 is 0. The lowest BCUT2D eigenvalue weighted by Gasteiger charge is -2.19. The van der Waals surface area contributed by atoms with E-state index < -0.39 is 0 Å². The van der Waals surface area contributed by atoms with Crippen LogP contribution in [0.2, 0.25) is 0 Å². The SMILES string of the molecule is Cc1cc(OCc2ccc(F)cc2)cc(C)c1NC(=O)CC(C)(C)C. The molecule has 0 aromatic heterocycles. The summed E-state index contributed by atoms with van der Waals surface area (Å²) in [5.74, 6) is 0.484. The predicted octanol–water partition coefficient (Wildman–Crippen LogP) is 5.40. The van der Waals surface area contributed by atoms with Gasteiger partial charge in [-0.1, -0.05) is 32.9 Å². The molecule has 0 atom stereocenters. The van der Waals surface area contributed by atoms with Crippen LogP contribution in [0.4, 0.5) is 10.1 Å². The van der Waals surface area contributed by atoms with Gasteiger partial charge >= 0.3 is 0 Å². The number of carbonyl (C=O) groups excluding carboxylic acids is 1. The Hall–Kier alpha value is -2.36. The highest BCUT2D eigenvalue weighted by Gasteiger charge is 2.17. The highest BCUT2D eigenvalue weighted by Crippen LogP contribution is 2.28. The van der Waals surface area contributed by atoms with E-state index in [0.29, 0.717) is 13.0 Å². The third-order valence-electron chi connectivity index (χ3n) is 3.78. The van der Waals surface area contributed by atoms with Crippen LogP contribution in [0.1, 0.15) is 43.9 Å². The van der Waals surface area contributed by atoms with Crippen LogP contribution in [-0.2, 0) is 11.4 Å². The molecule has 134 valence electrons. The first-order valence-corrected chi connectivity index (χ1v) is 8.42. The zero-order chi connectivity index (χ0) is 18.6. The maximum absolute atomic E-state index is 12.9. The largest absolute Gasteiger partial charge is 0.489 e. The number of carbonyl (C=O) groups is 1. The average molecular weight is 343 g/mol. The van der Waals surface area contributed by atoms with Crippen LogP contribution in [0.3, 0.4) is 0 Å². The average Bonchev–Trinajstić information content (AvgIpc) is 2.48. The Kier molecular flexibility index (Phi) is 5.83. The van der Waals surface area contributed by atoms with Gasteiger partial charge in [-0.3, -0.25) is 4.79 Å². The summed E-state index contributed by atoms with van der Waals surface area (Å²) in [6.45, 7) is 10.4. The number of hydrogen-bond acceptors (Lipinski definition) is 2. The molecule has 3 nitrogen and oxygen atoms in total. The zero-order valence-electron chi connectivity index (χ0n) is 15.6. The third-order valence-corrected chi connectivity index (χ3v) is 3.78. The molecule has 2 aromatic carbocycles. The molecule has 1 N–H and O–H groups in total. The quantitative estimate of drug-likeness (QED) is 0.790. The van der Waals surface area contributed by atoms with Crippen LogP contribution in [0.5, 0.6) is 5.75 Å². The van der Waals surface area contributed by atoms with E-state index in [-0.39, 0.29) is 17.1 Å². The molecule has 0 spiro atoms. The monoisotopic (exact) mass is 343 g/mol. The van der Waals surface area contributed by atoms with E-state index in [4.69, 9.17) is 4.74 Å². The van der Waals surface area contributed by atoms with Crippen molar-refractivity contribution in [3.05, 3.63) is 58.9 Å². The normalized spacial score (nSPS) is 11.3. The molecule has 0 unspecified atom stereocenters. The van der Waals surface area contributed by atoms with Gasteiger partial charge in [0, 0.05) is 12.1 Å². The lowest BCUT2D eigenvalue weighted by atomic mass is 9.92. The Morgan fingerprint density at radius 3 is 2.16 bits per heavy atom. The van der Waals surface area contributed by atoms with Gasteiger partial charge < -0.3 is 10.1 Å². The first-order chi connectivity index (χ1) is 11.6. The number of nitrogens with one attached hydrogen (secondary N) is 1. The van der Waals surface area contributed by atoms with Gasteiger partial charge in [-0.15, -0.1) is 0 Å². The number of benzene rings is 2. The highest BCUT2D eigenvalue weighted by molar-refractivity contribution is 5.92. The minimum atomic E-state index is -0.259. The third kappa shape index (κ3) is 5.89. The van der Waals surface area contributed by atoms with Crippen molar-refractivity contribution in [1.29, 1.82) is 0 Å². The van der Waals surface area contributed by atoms with Gasteiger partial charge in [0.15, 0.2) is 0 Å². The number of ether oxygens (including phenoxy) is 1. The van der Waals surface area contributed by atoms with Crippen molar-refractivity contribution < 1.29 is 13.9 Å². The van der Waals surface area contributed by atoms with Gasteiger partial charge in [-0.05, 0) is 60.2 Å². The zero-order valence-corrected chi connectivity index (χ0v) is 15.6. The summed E-state index contributed by atoms with van der Waals surface area (Å²) in [6, 6.07) is 10.1. The van der Waals surface area contributed by atoms with Gasteiger partial charge in [-0.25, -0.2) is 4.39 Å². The molecule has 0 radical (unpaired) electrons. The van der Waals surface area contributed by atoms with E-state index in [1.54, 1.807) is 12.1 Å². The van der Waals surface area contributed by atoms with Gasteiger partial charge in [0.05, 0.1) is 0 Å². The van der Waals surface area contributed by atoms with Crippen molar-refractivity contribution in [2.24, 2.45) is 5.41 Å². The topological polar surface area (TPSA) is 38.3 Å². The van der Waals surface area contributed by atoms with Crippen LogP contribution >= 0.6 is 0 Å². The molecular formula is C21H26FNO2. The Balaban J connectivity index is 2.06. The Bertz CT molecular complexity index is 722. The molecule has 2 rings (SSSR count). The molecule has 2 aromatic rings. The van der Waals surface area contributed by atoms with Gasteiger partial charge in [-0.2, -0.15) is 0 Å². The van der Waals surface area contributed by atoms with E-state index >= 15 is 0 Å². The Labute approximate surface area is 149 Å². The van der Waals surface area contributed by atoms with Crippen LogP contribution in [0.15, 0.2) is 36.4 Å². The first kappa shape index (κ1) is 19.0. The lowest BCUT2D eigenvalue weighted by Crippen LogP contribution is -2.20. The second-order valence-electron chi connectivity index (χ2n) is 7.63. The number of amides is 1. The first-order valence-electron chi connectivity index (χ1n) is 8.42. The standard InChI is InChI=1S/C21H26FNO2/c1-14-10-18(25-13-16-6-8-17(22)9-7-16)11-15(2)20(14)23-19(24)12-21(3,4)5/h6-11H,12-13H2,1-5H3,(H,23,24). The highest BCUT2D eigenvalue weighted by atomic mass is 19.1. The number of aryl methyl sites for hydroxylation is 2. The van der Waals surface area contributed by atoms with Crippen LogP contribution in [0, 0.1) is 25.1 Å². The second-order valence-corrected chi connectivity index (χ2v) is 7.63. The summed E-state index contributed by atoms with van der Waals surface area (Å²) in [7, 11) is 0. The summed E-state index contributed by atoms with van der Waals surface area (Å²) in [4.78, 5) is 12.2. The minimum absolute atomic E-state index is 0.0127. The van der Waals surface area contributed by atoms with Crippen molar-refractivity contribution in [2.45, 2.75) is 47.6 Å². The molecule has 1 amide bonds. The van der Waals surface area contributed by atoms with Gasteiger partial charge in [0.25, 0.3) is 0 Å². The minimum Gasteiger partial charge on any atom is -0.489 e. The van der Waals surface area contributed by atoms with E-state index in [1.165, 1.54) is 12.1 Å². The number of rotatable bonds is 5. The summed E-state index contributed by atoms with van der Waals surface area (Å²) < 4.78 is 18.7. The van der Waals surface area contributed by atoms with Crippen LogP contribution in [-0.4, -0.2) is 5.91 Å². The molecule has 0 bridgehead atoms. The fourth-order valence-electron chi connectivity index (χ4n) is 2.62. The van der Waals surface area contributed by atoms with E-state index in [9.17, 15) is 9.18 Å². The van der Waals surface area contributed by atoms with E-state index in [2.05, 4.69) is 5.32 Å². The summed E-state index contributed by atoms with van der Waals surface area (Å²) in [5.41, 5.74) is 3.60. The van der Waals surface area contributed by atoms with Crippen molar-refractivity contribution in [1.82, 2.24) is 0 Å². The van der Waals surface area contributed by atoms with Crippen molar-refractivity contribution in [2.75, 3.05) is 5.32 Å². The molecule has 25 heavy (non-hydrogen) atoms. The van der Waals surface area contributed by atoms with E-state index in [1.807, 2.05) is 46.8 Å². The molecule has 0 aliphatic rings. The number of halogens is 1. The molecule has 0 saturated carbocycles. The fraction of sp³-hybridized carbons (Fsp3) is 0.381. The molecule has 0 saturated heterocycles. The van der Waals surface area contributed by atoms with Crippen LogP contribution in [0.25, 0.3) is 0 Å². The molecule has 0 fully saturated rings. The molecule has 0 aliphatic carbocycles. The summed E-state index contributed by atoms with van der Waals surface area (Å²) in [5, 5.41) is 3.01. The molecular weight excluding hydrogens is 317 g/mol. The molecule has 0 heterocycles. The second kappa shape index (κ2) is 7.68. The van der Waals surface area contributed by atoms with Crippen molar-refractivity contribution in [3.63, 3.8) is 0 Å². The summed E-state index contributed by atoms with van der Waals surface area (Å²) in [6.07, 6.45) is 0.467. The Morgan fingerprint density at radius 2 is 1.64 bits per heavy atom. The fourth-order valence-corrected chi connectivity index (χ4v) is 2.62. The lowest BCUT2D eigenvalue weighted by molar-refractivity contribution is -0.117. The van der Waals surface area contributed by atoms with Crippen LogP contribution < -0.4 is 10.1 Å². The molecule has 0 aliphatic heterocycles. The Morgan fingerprint density at radius 1 is 1.08 bits per heavy atom. The maximum Gasteiger partial charge on any atom is 0.224 e. The van der Waals surface area contributed by atoms with Crippen molar-refractivity contribution >= 4 is 11.6 Å².